The molecule has 1 heterocycles. The van der Waals surface area contributed by atoms with E-state index in [2.05, 4.69) is 16.8 Å². The predicted molar refractivity (Wildman–Crippen MR) is 97.8 cm³/mol. The van der Waals surface area contributed by atoms with Gasteiger partial charge in [-0.25, -0.2) is 4.79 Å². The van der Waals surface area contributed by atoms with Gasteiger partial charge in [-0.2, -0.15) is 0 Å². The second-order valence-electron chi connectivity index (χ2n) is 6.24. The maximum Gasteiger partial charge on any atom is 0.326 e. The summed E-state index contributed by atoms with van der Waals surface area (Å²) in [4.78, 5) is 39.8. The average molecular weight is 359 g/mol. The van der Waals surface area contributed by atoms with Gasteiger partial charge in [0.2, 0.25) is 5.91 Å². The maximum absolute atomic E-state index is 12.3. The first-order valence-electron chi connectivity index (χ1n) is 8.71. The minimum absolute atomic E-state index is 0.0691. The Morgan fingerprint density at radius 2 is 1.81 bits per heavy atom. The molecule has 0 unspecified atom stereocenters. The van der Waals surface area contributed by atoms with Crippen LogP contribution in [0.25, 0.3) is 0 Å². The summed E-state index contributed by atoms with van der Waals surface area (Å²) in [6, 6.07) is 7.33. The highest BCUT2D eigenvalue weighted by Crippen LogP contribution is 2.08. The van der Waals surface area contributed by atoms with Gasteiger partial charge in [-0.05, 0) is 18.6 Å². The van der Waals surface area contributed by atoms with Gasteiger partial charge in [0, 0.05) is 44.7 Å². The normalized spacial score (nSPS) is 15.9. The van der Waals surface area contributed by atoms with Gasteiger partial charge in [-0.15, -0.1) is 6.58 Å². The molecule has 2 N–H and O–H groups in total. The Balaban J connectivity index is 1.83. The molecule has 7 nitrogen and oxygen atoms in total. The van der Waals surface area contributed by atoms with Crippen LogP contribution in [0.2, 0.25) is 0 Å². The molecule has 0 saturated carbocycles. The largest absolute Gasteiger partial charge is 0.480 e. The van der Waals surface area contributed by atoms with E-state index >= 15 is 0 Å². The molecule has 1 aliphatic rings. The van der Waals surface area contributed by atoms with Crippen LogP contribution in [0.1, 0.15) is 23.2 Å². The van der Waals surface area contributed by atoms with Gasteiger partial charge in [0.15, 0.2) is 0 Å². The van der Waals surface area contributed by atoms with E-state index in [0.29, 0.717) is 18.7 Å². The zero-order valence-electron chi connectivity index (χ0n) is 14.8. The Morgan fingerprint density at radius 1 is 1.15 bits per heavy atom. The first-order chi connectivity index (χ1) is 12.5. The summed E-state index contributed by atoms with van der Waals surface area (Å²) in [5, 5.41) is 11.8. The van der Waals surface area contributed by atoms with Crippen molar-refractivity contribution >= 4 is 17.8 Å². The number of carboxylic acids is 1. The van der Waals surface area contributed by atoms with E-state index in [1.165, 1.54) is 0 Å². The molecule has 1 fully saturated rings. The van der Waals surface area contributed by atoms with Crippen LogP contribution in [0.15, 0.2) is 43.0 Å². The second-order valence-corrected chi connectivity index (χ2v) is 6.24. The fourth-order valence-corrected chi connectivity index (χ4v) is 2.88. The number of benzene rings is 1. The SMILES string of the molecule is C=CCN1CCN(C(=O)CC[C@H](NC(=O)c2ccccc2)C(=O)O)CC1. The summed E-state index contributed by atoms with van der Waals surface area (Å²) in [6.07, 6.45) is 2.00. The van der Waals surface area contributed by atoms with Gasteiger partial charge >= 0.3 is 5.97 Å². The van der Waals surface area contributed by atoms with Crippen LogP contribution in [0.5, 0.6) is 0 Å². The second kappa shape index (κ2) is 9.72. The van der Waals surface area contributed by atoms with Gasteiger partial charge in [0.05, 0.1) is 0 Å². The number of aliphatic carboxylic acids is 1. The van der Waals surface area contributed by atoms with Gasteiger partial charge < -0.3 is 15.3 Å². The van der Waals surface area contributed by atoms with Crippen molar-refractivity contribution in [2.75, 3.05) is 32.7 Å². The molecule has 0 aromatic heterocycles. The predicted octanol–water partition coefficient (Wildman–Crippen LogP) is 0.980. The third-order valence-corrected chi connectivity index (χ3v) is 4.40. The Hall–Kier alpha value is -2.67. The summed E-state index contributed by atoms with van der Waals surface area (Å²) in [5.74, 6) is -1.68. The molecule has 2 amide bonds. The lowest BCUT2D eigenvalue weighted by molar-refractivity contribution is -0.139. The van der Waals surface area contributed by atoms with Crippen LogP contribution in [0, 0.1) is 0 Å². The van der Waals surface area contributed by atoms with E-state index in [1.807, 2.05) is 6.08 Å². The van der Waals surface area contributed by atoms with E-state index in [1.54, 1.807) is 35.2 Å². The lowest BCUT2D eigenvalue weighted by atomic mass is 10.1. The molecular weight excluding hydrogens is 334 g/mol. The number of amides is 2. The van der Waals surface area contributed by atoms with E-state index in [4.69, 9.17) is 0 Å². The van der Waals surface area contributed by atoms with E-state index in [9.17, 15) is 19.5 Å². The number of nitrogens with zero attached hydrogens (tertiary/aromatic N) is 2. The van der Waals surface area contributed by atoms with Crippen LogP contribution in [-0.2, 0) is 9.59 Å². The number of piperazine rings is 1. The molecular formula is C19H25N3O4. The summed E-state index contributed by atoms with van der Waals surface area (Å²) >= 11 is 0. The third kappa shape index (κ3) is 5.70. The molecule has 0 aliphatic carbocycles. The number of rotatable bonds is 8. The molecule has 1 aromatic rings. The molecule has 1 atom stereocenters. The van der Waals surface area contributed by atoms with Crippen LogP contribution < -0.4 is 5.32 Å². The molecule has 0 radical (unpaired) electrons. The standard InChI is InChI=1S/C19H25N3O4/c1-2-10-21-11-13-22(14-12-21)17(23)9-8-16(19(25)26)20-18(24)15-6-4-3-5-7-15/h2-7,16H,1,8-14H2,(H,20,24)(H,25,26)/t16-/m0/s1. The van der Waals surface area contributed by atoms with E-state index < -0.39 is 17.9 Å². The summed E-state index contributed by atoms with van der Waals surface area (Å²) in [6.45, 7) is 7.32. The zero-order chi connectivity index (χ0) is 18.9. The van der Waals surface area contributed by atoms with Crippen molar-refractivity contribution in [1.82, 2.24) is 15.1 Å². The number of hydrogen-bond donors (Lipinski definition) is 2. The zero-order valence-corrected chi connectivity index (χ0v) is 14.8. The molecule has 0 bridgehead atoms. The lowest BCUT2D eigenvalue weighted by Crippen LogP contribution is -2.49. The van der Waals surface area contributed by atoms with Gasteiger partial charge in [0.1, 0.15) is 6.04 Å². The minimum Gasteiger partial charge on any atom is -0.480 e. The Kier molecular flexibility index (Phi) is 7.35. The first kappa shape index (κ1) is 19.7. The highest BCUT2D eigenvalue weighted by molar-refractivity contribution is 5.96. The molecule has 1 aromatic carbocycles. The number of carboxylic acid groups (broad SMARTS) is 1. The lowest BCUT2D eigenvalue weighted by Gasteiger charge is -2.34. The minimum atomic E-state index is -1.14. The molecule has 140 valence electrons. The fraction of sp³-hybridized carbons (Fsp3) is 0.421. The Morgan fingerprint density at radius 3 is 2.38 bits per heavy atom. The average Bonchev–Trinajstić information content (AvgIpc) is 2.66. The maximum atomic E-state index is 12.3. The van der Waals surface area contributed by atoms with Crippen molar-refractivity contribution in [3.05, 3.63) is 48.6 Å². The van der Waals surface area contributed by atoms with Crippen molar-refractivity contribution in [3.8, 4) is 0 Å². The molecule has 0 spiro atoms. The first-order valence-corrected chi connectivity index (χ1v) is 8.71. The van der Waals surface area contributed by atoms with Crippen LogP contribution in [0.3, 0.4) is 0 Å². The number of hydrogen-bond acceptors (Lipinski definition) is 4. The van der Waals surface area contributed by atoms with Crippen molar-refractivity contribution in [3.63, 3.8) is 0 Å². The van der Waals surface area contributed by atoms with Gasteiger partial charge in [0.25, 0.3) is 5.91 Å². The summed E-state index contributed by atoms with van der Waals surface area (Å²) < 4.78 is 0. The van der Waals surface area contributed by atoms with E-state index in [0.717, 1.165) is 19.6 Å². The van der Waals surface area contributed by atoms with Crippen LogP contribution >= 0.6 is 0 Å². The van der Waals surface area contributed by atoms with Gasteiger partial charge in [-0.1, -0.05) is 24.3 Å². The molecule has 7 heteroatoms. The summed E-state index contributed by atoms with van der Waals surface area (Å²) in [7, 11) is 0. The van der Waals surface area contributed by atoms with Gasteiger partial charge in [-0.3, -0.25) is 14.5 Å². The summed E-state index contributed by atoms with van der Waals surface area (Å²) in [5.41, 5.74) is 0.392. The highest BCUT2D eigenvalue weighted by Gasteiger charge is 2.25. The monoisotopic (exact) mass is 359 g/mol. The highest BCUT2D eigenvalue weighted by atomic mass is 16.4. The number of nitrogens with one attached hydrogen (secondary N) is 1. The Bertz CT molecular complexity index is 639. The van der Waals surface area contributed by atoms with Crippen molar-refractivity contribution in [2.24, 2.45) is 0 Å². The van der Waals surface area contributed by atoms with Crippen molar-refractivity contribution in [2.45, 2.75) is 18.9 Å². The molecule has 26 heavy (non-hydrogen) atoms. The molecule has 2 rings (SSSR count). The Labute approximate surface area is 153 Å². The molecule has 1 saturated heterocycles. The topological polar surface area (TPSA) is 90.0 Å². The quantitative estimate of drug-likeness (QED) is 0.676. The third-order valence-electron chi connectivity index (χ3n) is 4.40. The fourth-order valence-electron chi connectivity index (χ4n) is 2.88. The number of carbonyl (C=O) groups excluding carboxylic acids is 2. The smallest absolute Gasteiger partial charge is 0.326 e. The number of carbonyl (C=O) groups is 3. The molecule has 1 aliphatic heterocycles. The van der Waals surface area contributed by atoms with Crippen LogP contribution in [-0.4, -0.2) is 71.5 Å². The van der Waals surface area contributed by atoms with Crippen molar-refractivity contribution < 1.29 is 19.5 Å². The van der Waals surface area contributed by atoms with Crippen molar-refractivity contribution in [1.29, 1.82) is 0 Å². The van der Waals surface area contributed by atoms with Crippen LogP contribution in [0.4, 0.5) is 0 Å². The van der Waals surface area contributed by atoms with E-state index in [-0.39, 0.29) is 18.7 Å².